The molecule has 0 spiro atoms. The number of benzene rings is 1. The van der Waals surface area contributed by atoms with Gasteiger partial charge in [0.15, 0.2) is 0 Å². The Morgan fingerprint density at radius 3 is 1.95 bits per heavy atom. The third kappa shape index (κ3) is 7.00. The van der Waals surface area contributed by atoms with Gasteiger partial charge in [0.2, 0.25) is 0 Å². The second-order valence-electron chi connectivity index (χ2n) is 5.56. The molecule has 1 atom stereocenters. The van der Waals surface area contributed by atoms with Crippen LogP contribution in [0.1, 0.15) is 57.6 Å². The van der Waals surface area contributed by atoms with Crippen molar-refractivity contribution in [2.24, 2.45) is 0 Å². The number of hydrogen-bond acceptors (Lipinski definition) is 2. The van der Waals surface area contributed by atoms with E-state index in [1.54, 1.807) is 0 Å². The van der Waals surface area contributed by atoms with Crippen LogP contribution in [0.2, 0.25) is 0 Å². The van der Waals surface area contributed by atoms with Crippen LogP contribution in [0.25, 0.3) is 0 Å². The molecule has 1 rings (SSSR count). The summed E-state index contributed by atoms with van der Waals surface area (Å²) >= 11 is 0. The number of nitrogens with zero attached hydrogens (tertiary/aromatic N) is 1. The first kappa shape index (κ1) is 18.1. The minimum absolute atomic E-state index is 0.318. The molecule has 0 saturated heterocycles. The molecule has 1 N–H and O–H groups in total. The van der Waals surface area contributed by atoms with Gasteiger partial charge in [-0.1, -0.05) is 26.7 Å². The largest absolute Gasteiger partial charge is 0.388 e. The Morgan fingerprint density at radius 2 is 1.48 bits per heavy atom. The summed E-state index contributed by atoms with van der Waals surface area (Å²) < 4.78 is 26.3. The zero-order valence-electron chi connectivity index (χ0n) is 13.1. The quantitative estimate of drug-likeness (QED) is 0.696. The molecule has 120 valence electrons. The molecular formula is C17H27F2NO. The lowest BCUT2D eigenvalue weighted by atomic mass is 10.1. The van der Waals surface area contributed by atoms with Gasteiger partial charge in [0.1, 0.15) is 11.6 Å². The van der Waals surface area contributed by atoms with Gasteiger partial charge in [0, 0.05) is 12.6 Å². The van der Waals surface area contributed by atoms with Crippen molar-refractivity contribution < 1.29 is 13.9 Å². The van der Waals surface area contributed by atoms with Crippen LogP contribution in [-0.2, 0) is 0 Å². The molecule has 1 unspecified atom stereocenters. The maximum atomic E-state index is 13.2. The minimum atomic E-state index is -0.819. The molecule has 0 aliphatic carbocycles. The number of halogens is 2. The molecule has 21 heavy (non-hydrogen) atoms. The number of aliphatic hydroxyl groups excluding tert-OH is 1. The molecule has 2 nitrogen and oxygen atoms in total. The topological polar surface area (TPSA) is 23.5 Å². The number of rotatable bonds is 10. The van der Waals surface area contributed by atoms with Gasteiger partial charge in [-0.2, -0.15) is 0 Å². The fourth-order valence-corrected chi connectivity index (χ4v) is 2.34. The van der Waals surface area contributed by atoms with Gasteiger partial charge in [-0.15, -0.1) is 0 Å². The van der Waals surface area contributed by atoms with Crippen LogP contribution in [0, 0.1) is 11.6 Å². The van der Waals surface area contributed by atoms with Gasteiger partial charge in [-0.25, -0.2) is 8.78 Å². The maximum absolute atomic E-state index is 13.2. The van der Waals surface area contributed by atoms with Gasteiger partial charge in [0.25, 0.3) is 0 Å². The van der Waals surface area contributed by atoms with Gasteiger partial charge < -0.3 is 10.0 Å². The van der Waals surface area contributed by atoms with E-state index in [1.807, 2.05) is 0 Å². The van der Waals surface area contributed by atoms with Crippen LogP contribution in [0.4, 0.5) is 8.78 Å². The summed E-state index contributed by atoms with van der Waals surface area (Å²) in [7, 11) is 0. The van der Waals surface area contributed by atoms with Gasteiger partial charge >= 0.3 is 0 Å². The van der Waals surface area contributed by atoms with E-state index in [9.17, 15) is 13.9 Å². The Kier molecular flexibility index (Phi) is 8.47. The van der Waals surface area contributed by atoms with Crippen LogP contribution in [0.3, 0.4) is 0 Å². The summed E-state index contributed by atoms with van der Waals surface area (Å²) in [6.45, 7) is 7.09. The Bertz CT molecular complexity index is 384. The molecule has 1 aromatic rings. The molecule has 0 aliphatic rings. The van der Waals surface area contributed by atoms with Crippen molar-refractivity contribution in [1.82, 2.24) is 4.90 Å². The summed E-state index contributed by atoms with van der Waals surface area (Å²) in [5.74, 6) is -1.28. The lowest BCUT2D eigenvalue weighted by Gasteiger charge is -2.23. The van der Waals surface area contributed by atoms with Gasteiger partial charge in [-0.3, -0.25) is 0 Å². The van der Waals surface area contributed by atoms with Crippen molar-refractivity contribution in [2.45, 2.75) is 52.1 Å². The van der Waals surface area contributed by atoms with Crippen LogP contribution in [-0.4, -0.2) is 29.6 Å². The van der Waals surface area contributed by atoms with Crippen molar-refractivity contribution in [3.05, 3.63) is 35.4 Å². The summed E-state index contributed by atoms with van der Waals surface area (Å²) in [5, 5.41) is 10.1. The second kappa shape index (κ2) is 9.85. The predicted molar refractivity (Wildman–Crippen MR) is 82.2 cm³/mol. The van der Waals surface area contributed by atoms with E-state index in [-0.39, 0.29) is 0 Å². The zero-order chi connectivity index (χ0) is 15.7. The lowest BCUT2D eigenvalue weighted by Crippen LogP contribution is -2.28. The summed E-state index contributed by atoms with van der Waals surface area (Å²) in [6.07, 6.45) is 4.22. The third-order valence-electron chi connectivity index (χ3n) is 3.64. The molecule has 4 heteroatoms. The molecule has 0 amide bonds. The van der Waals surface area contributed by atoms with Crippen LogP contribution >= 0.6 is 0 Å². The Balaban J connectivity index is 2.52. The average molecular weight is 299 g/mol. The van der Waals surface area contributed by atoms with E-state index < -0.39 is 17.7 Å². The fraction of sp³-hybridized carbons (Fsp3) is 0.647. The van der Waals surface area contributed by atoms with Crippen molar-refractivity contribution in [3.63, 3.8) is 0 Å². The molecule has 0 fully saturated rings. The number of unbranched alkanes of at least 4 members (excludes halogenated alkanes) is 2. The van der Waals surface area contributed by atoms with E-state index in [1.165, 1.54) is 12.1 Å². The zero-order valence-corrected chi connectivity index (χ0v) is 13.1. The highest BCUT2D eigenvalue weighted by atomic mass is 19.1. The van der Waals surface area contributed by atoms with Gasteiger partial charge in [-0.05, 0) is 50.0 Å². The van der Waals surface area contributed by atoms with Gasteiger partial charge in [0.05, 0.1) is 6.10 Å². The molecule has 0 bridgehead atoms. The Morgan fingerprint density at radius 1 is 0.952 bits per heavy atom. The lowest BCUT2D eigenvalue weighted by molar-refractivity contribution is 0.140. The van der Waals surface area contributed by atoms with E-state index in [0.717, 1.165) is 51.4 Å². The molecule has 0 aromatic heterocycles. The molecule has 0 saturated carbocycles. The third-order valence-corrected chi connectivity index (χ3v) is 3.64. The van der Waals surface area contributed by atoms with E-state index in [0.29, 0.717) is 12.0 Å². The Hall–Kier alpha value is -1.00. The Labute approximate surface area is 126 Å². The highest BCUT2D eigenvalue weighted by Gasteiger charge is 2.13. The highest BCUT2D eigenvalue weighted by Crippen LogP contribution is 2.19. The van der Waals surface area contributed by atoms with Crippen molar-refractivity contribution >= 4 is 0 Å². The first-order valence-corrected chi connectivity index (χ1v) is 7.93. The normalized spacial score (nSPS) is 12.9. The highest BCUT2D eigenvalue weighted by molar-refractivity contribution is 5.20. The van der Waals surface area contributed by atoms with Crippen LogP contribution in [0.15, 0.2) is 18.2 Å². The molecule has 0 aliphatic heterocycles. The molecule has 0 heterocycles. The second-order valence-corrected chi connectivity index (χ2v) is 5.56. The minimum Gasteiger partial charge on any atom is -0.388 e. The maximum Gasteiger partial charge on any atom is 0.126 e. The van der Waals surface area contributed by atoms with Crippen LogP contribution < -0.4 is 0 Å². The summed E-state index contributed by atoms with van der Waals surface area (Å²) in [4.78, 5) is 2.33. The average Bonchev–Trinajstić information content (AvgIpc) is 2.45. The van der Waals surface area contributed by atoms with Crippen molar-refractivity contribution in [3.8, 4) is 0 Å². The molecule has 0 radical (unpaired) electrons. The number of hydrogen-bond donors (Lipinski definition) is 1. The molecule has 1 aromatic carbocycles. The van der Waals surface area contributed by atoms with Crippen molar-refractivity contribution in [1.29, 1.82) is 0 Å². The summed E-state index contributed by atoms with van der Waals surface area (Å²) in [6, 6.07) is 3.23. The fourth-order valence-electron chi connectivity index (χ4n) is 2.34. The predicted octanol–water partition coefficient (Wildman–Crippen LogP) is 4.29. The number of aliphatic hydroxyl groups is 1. The monoisotopic (exact) mass is 299 g/mol. The smallest absolute Gasteiger partial charge is 0.126 e. The standard InChI is InChI=1S/C17H27F2NO/c1-3-5-8-20(9-6-4-2)10-7-17(21)14-11-15(18)13-16(19)12-14/h11-13,17,21H,3-10H2,1-2H3. The first-order chi connectivity index (χ1) is 10.1. The van der Waals surface area contributed by atoms with Crippen molar-refractivity contribution in [2.75, 3.05) is 19.6 Å². The molecular weight excluding hydrogens is 272 g/mol. The SMILES string of the molecule is CCCCN(CCCC)CCC(O)c1cc(F)cc(F)c1. The first-order valence-electron chi connectivity index (χ1n) is 7.93. The van der Waals surface area contributed by atoms with Crippen LogP contribution in [0.5, 0.6) is 0 Å². The van der Waals surface area contributed by atoms with E-state index >= 15 is 0 Å². The summed E-state index contributed by atoms with van der Waals surface area (Å²) in [5.41, 5.74) is 0.318. The van der Waals surface area contributed by atoms with E-state index in [2.05, 4.69) is 18.7 Å². The van der Waals surface area contributed by atoms with E-state index in [4.69, 9.17) is 0 Å².